The predicted molar refractivity (Wildman–Crippen MR) is 528 cm³/mol. The molecule has 0 saturated heterocycles. The van der Waals surface area contributed by atoms with Crippen LogP contribution in [0.1, 0.15) is 312 Å². The van der Waals surface area contributed by atoms with E-state index in [4.69, 9.17) is 0 Å². The second-order valence-corrected chi connectivity index (χ2v) is 36.1. The fourth-order valence-electron chi connectivity index (χ4n) is 20.8. The summed E-state index contributed by atoms with van der Waals surface area (Å²) in [4.78, 5) is 0. The third-order valence-electron chi connectivity index (χ3n) is 31.1. The molecule has 1 radical (unpaired) electrons. The van der Waals surface area contributed by atoms with Crippen molar-refractivity contribution in [3.8, 4) is 0 Å². The molecule has 0 amide bonds. The van der Waals surface area contributed by atoms with Gasteiger partial charge in [-0.2, -0.15) is 0 Å². The van der Waals surface area contributed by atoms with Gasteiger partial charge >= 0.3 is 0 Å². The van der Waals surface area contributed by atoms with E-state index in [0.29, 0.717) is 0 Å². The van der Waals surface area contributed by atoms with E-state index < -0.39 is 0 Å². The van der Waals surface area contributed by atoms with E-state index in [0.717, 1.165) is 11.8 Å². The maximum absolute atomic E-state index is 3.03. The average Bonchev–Trinajstić information content (AvgIpc) is 0.735. The van der Waals surface area contributed by atoms with Crippen LogP contribution in [0.3, 0.4) is 0 Å². The SMILES string of the molecule is C.C.C.CC1CCC(C)CC1.C[C-]=C(C)C(C)=[C-]C.Cc1c(C)c(C)c2c(C)c3c(C)c(C)c(C)c(C)c3c(C)c2c1C.Cc1c(C)c(C)c2c(C)c3c(C)c(C)c(C)c(C)c3c(C)c2c1C.Cc1c(C)c(C)c2c(C)c3c(C)c(C)c(C)c(C)c3c(C)c2c1C.Cc1c(C)c(C)c2c(C)c3c(C)c(C)c(C)c(C)c3c(C)c2c1C.[Y]. The zero-order valence-electron chi connectivity index (χ0n) is 80.6. The summed E-state index contributed by atoms with van der Waals surface area (Å²) < 4.78 is 0. The fraction of sp³-hybridized carbons (Fsp3) is 0.478. The van der Waals surface area contributed by atoms with Crippen LogP contribution in [0, 0.1) is 301 Å². The van der Waals surface area contributed by atoms with E-state index >= 15 is 0 Å². The number of hydrogen-bond donors (Lipinski definition) is 0. The first-order valence-electron chi connectivity index (χ1n) is 42.5. The molecule has 1 aliphatic rings. The molecule has 12 aromatic carbocycles. The van der Waals surface area contributed by atoms with Gasteiger partial charge in [0.15, 0.2) is 0 Å². The molecule has 0 spiro atoms. The van der Waals surface area contributed by atoms with Crippen LogP contribution in [-0.2, 0) is 32.7 Å². The molecule has 1 aliphatic carbocycles. The van der Waals surface area contributed by atoms with Gasteiger partial charge < -0.3 is 23.3 Å². The van der Waals surface area contributed by atoms with Crippen molar-refractivity contribution >= 4 is 86.2 Å². The van der Waals surface area contributed by atoms with Crippen LogP contribution in [0.15, 0.2) is 11.1 Å². The summed E-state index contributed by atoms with van der Waals surface area (Å²) in [6.45, 7) is 104. The second kappa shape index (κ2) is 38.8. The molecule has 0 aromatic heterocycles. The van der Waals surface area contributed by atoms with Crippen molar-refractivity contribution in [3.05, 3.63) is 246 Å². The van der Waals surface area contributed by atoms with E-state index in [9.17, 15) is 0 Å². The molecule has 1 saturated carbocycles. The minimum atomic E-state index is 0. The van der Waals surface area contributed by atoms with Crippen molar-refractivity contribution in [2.24, 2.45) is 11.8 Å². The Kier molecular flexibility index (Phi) is 34.0. The average molecular weight is 1630 g/mol. The summed E-state index contributed by atoms with van der Waals surface area (Å²) in [6, 6.07) is 0. The van der Waals surface area contributed by atoms with Crippen LogP contribution >= 0.6 is 0 Å². The zero-order chi connectivity index (χ0) is 84.9. The number of aryl methyl sites for hydroxylation is 24. The van der Waals surface area contributed by atoms with Gasteiger partial charge in [0.1, 0.15) is 0 Å². The topological polar surface area (TPSA) is 0 Å². The molecule has 0 nitrogen and oxygen atoms in total. The minimum absolute atomic E-state index is 0. The van der Waals surface area contributed by atoms with Crippen LogP contribution < -0.4 is 0 Å². The number of rotatable bonds is 1. The zero-order valence-corrected chi connectivity index (χ0v) is 83.4. The van der Waals surface area contributed by atoms with E-state index in [-0.39, 0.29) is 55.0 Å². The summed E-state index contributed by atoms with van der Waals surface area (Å²) in [5.74, 6) is 2.04. The number of fused-ring (bicyclic) bond motifs is 8. The Bertz CT molecular complexity index is 4620. The predicted octanol–water partition coefficient (Wildman–Crippen LogP) is 35.6. The summed E-state index contributed by atoms with van der Waals surface area (Å²) in [5.41, 5.74) is 60.3. The van der Waals surface area contributed by atoms with Gasteiger partial charge in [0.25, 0.3) is 0 Å². The van der Waals surface area contributed by atoms with E-state index in [1.165, 1.54) is 346 Å². The largest absolute Gasteiger partial charge is 0.376 e. The number of allylic oxidation sites excluding steroid dienone is 4. The van der Waals surface area contributed by atoms with Gasteiger partial charge in [-0.15, -0.1) is 27.7 Å². The molecule has 625 valence electrons. The maximum atomic E-state index is 3.03. The van der Waals surface area contributed by atoms with Gasteiger partial charge in [0.05, 0.1) is 0 Å². The smallest absolute Gasteiger partial charge is 0 e. The Morgan fingerprint density at radius 1 is 0.155 bits per heavy atom. The standard InChI is InChI=1S/4C24H30.C8H16.C8H12.3CH4.Y/c4*1-11-12(2)16(6)22-20(10)24-18(8)14(4)13(3)17(7)23(24)19(9)21(22)15(11)5;1-7-3-5-8(2)6-4-7;1-5-7(3)8(4)6-2;;;;/h4*1-10H3;7-8H,3-6H2,1-2H3;1-4H3;3*1H4;/q;;;;;-2;;;;. The van der Waals surface area contributed by atoms with Gasteiger partial charge in [-0.05, 0) is 598 Å². The van der Waals surface area contributed by atoms with Crippen molar-refractivity contribution in [1.29, 1.82) is 0 Å². The molecule has 12 aromatic rings. The van der Waals surface area contributed by atoms with Crippen LogP contribution in [0.25, 0.3) is 86.2 Å². The van der Waals surface area contributed by atoms with Gasteiger partial charge in [0.2, 0.25) is 0 Å². The number of benzene rings is 12. The number of hydrogen-bond acceptors (Lipinski definition) is 0. The molecule has 0 heterocycles. The van der Waals surface area contributed by atoms with Crippen molar-refractivity contribution in [1.82, 2.24) is 0 Å². The third kappa shape index (κ3) is 17.0. The monoisotopic (exact) mass is 1630 g/mol. The quantitative estimate of drug-likeness (QED) is 0.0873. The molecule has 1 heteroatoms. The summed E-state index contributed by atoms with van der Waals surface area (Å²) in [5, 5.41) is 23.6. The maximum Gasteiger partial charge on any atom is 0 e. The molecule has 0 unspecified atom stereocenters. The van der Waals surface area contributed by atoms with E-state index in [1.54, 1.807) is 0 Å². The Morgan fingerprint density at radius 3 is 0.284 bits per heavy atom. The van der Waals surface area contributed by atoms with Gasteiger partial charge in [-0.1, -0.05) is 61.8 Å². The molecular weight excluding hydrogens is 1470 g/mol. The van der Waals surface area contributed by atoms with Gasteiger partial charge in [0, 0.05) is 32.7 Å². The first-order chi connectivity index (χ1) is 51.9. The van der Waals surface area contributed by atoms with Crippen LogP contribution in [0.2, 0.25) is 0 Å². The molecule has 13 rings (SSSR count). The van der Waals surface area contributed by atoms with E-state index in [2.05, 4.69) is 303 Å². The van der Waals surface area contributed by atoms with E-state index in [1.807, 2.05) is 27.7 Å². The summed E-state index contributed by atoms with van der Waals surface area (Å²) in [6.07, 6.45) is 12.0. The summed E-state index contributed by atoms with van der Waals surface area (Å²) >= 11 is 0. The van der Waals surface area contributed by atoms with Crippen LogP contribution in [0.5, 0.6) is 0 Å². The van der Waals surface area contributed by atoms with Crippen molar-refractivity contribution in [3.63, 3.8) is 0 Å². The molecule has 0 N–H and O–H groups in total. The summed E-state index contributed by atoms with van der Waals surface area (Å²) in [7, 11) is 0. The Hall–Kier alpha value is -6.70. The Balaban J connectivity index is 0.000000302. The molecular formula is C115H160Y-2. The van der Waals surface area contributed by atoms with Crippen LogP contribution in [-0.4, -0.2) is 0 Å². The third-order valence-corrected chi connectivity index (χ3v) is 31.1. The van der Waals surface area contributed by atoms with Crippen LogP contribution in [0.4, 0.5) is 0 Å². The first kappa shape index (κ1) is 102. The molecule has 1 fully saturated rings. The Labute approximate surface area is 737 Å². The first-order valence-corrected chi connectivity index (χ1v) is 42.5. The molecule has 0 bridgehead atoms. The minimum Gasteiger partial charge on any atom is -0.376 e. The normalized spacial score (nSPS) is 13.5. The molecule has 0 aliphatic heterocycles. The van der Waals surface area contributed by atoms with Crippen molar-refractivity contribution < 1.29 is 32.7 Å². The van der Waals surface area contributed by atoms with Gasteiger partial charge in [-0.3, -0.25) is 0 Å². The van der Waals surface area contributed by atoms with Crippen molar-refractivity contribution in [2.75, 3.05) is 0 Å². The van der Waals surface area contributed by atoms with Gasteiger partial charge in [-0.25, -0.2) is 0 Å². The fourth-order valence-corrected chi connectivity index (χ4v) is 20.8. The Morgan fingerprint density at radius 2 is 0.224 bits per heavy atom. The molecule has 116 heavy (non-hydrogen) atoms. The van der Waals surface area contributed by atoms with Crippen molar-refractivity contribution in [2.45, 2.75) is 366 Å². The molecule has 0 atom stereocenters. The second-order valence-electron chi connectivity index (χ2n) is 36.1.